The predicted octanol–water partition coefficient (Wildman–Crippen LogP) is 5.55. The van der Waals surface area contributed by atoms with Crippen LogP contribution in [0.3, 0.4) is 0 Å². The molecule has 0 radical (unpaired) electrons. The van der Waals surface area contributed by atoms with Crippen LogP contribution in [0, 0.1) is 0 Å². The van der Waals surface area contributed by atoms with E-state index in [4.69, 9.17) is 20.5 Å². The summed E-state index contributed by atoms with van der Waals surface area (Å²) in [6.07, 6.45) is -0.171. The number of halogens is 1. The minimum atomic E-state index is -0.941. The molecule has 0 aliphatic rings. The van der Waals surface area contributed by atoms with Crippen LogP contribution < -0.4 is 0 Å². The molecule has 0 bridgehead atoms. The van der Waals surface area contributed by atoms with Crippen molar-refractivity contribution in [1.82, 2.24) is 10.1 Å². The van der Waals surface area contributed by atoms with Crippen LogP contribution in [-0.2, 0) is 11.2 Å². The average Bonchev–Trinajstić information content (AvgIpc) is 3.27. The monoisotopic (exact) mass is 396 g/mol. The Morgan fingerprint density at radius 1 is 1.14 bits per heavy atom. The summed E-state index contributed by atoms with van der Waals surface area (Å²) in [7, 11) is 0. The van der Waals surface area contributed by atoms with Crippen molar-refractivity contribution in [1.29, 1.82) is 0 Å². The molecule has 4 rings (SSSR count). The number of aliphatic carboxylic acids is 1. The van der Waals surface area contributed by atoms with Gasteiger partial charge in [0, 0.05) is 33.0 Å². The van der Waals surface area contributed by atoms with Gasteiger partial charge in [-0.1, -0.05) is 30.6 Å². The molecule has 0 atom stereocenters. The standard InChI is InChI=1S/C21H17ClN2O4/c1-11(2)20-23-21(28-24-20)13-5-8-17-15(9-13)16(10-18(25)26)19(27-17)12-3-6-14(22)7-4-12/h3-9,11H,10H2,1-2H3,(H,25,26). The number of hydrogen-bond acceptors (Lipinski definition) is 5. The Hall–Kier alpha value is -3.12. The summed E-state index contributed by atoms with van der Waals surface area (Å²) in [6, 6.07) is 12.5. The van der Waals surface area contributed by atoms with E-state index in [1.54, 1.807) is 30.3 Å². The molecule has 4 aromatic rings. The van der Waals surface area contributed by atoms with Crippen molar-refractivity contribution in [2.75, 3.05) is 0 Å². The Morgan fingerprint density at radius 3 is 2.50 bits per heavy atom. The number of carbonyl (C=O) groups is 1. The molecule has 0 saturated carbocycles. The van der Waals surface area contributed by atoms with E-state index in [2.05, 4.69) is 10.1 Å². The fraction of sp³-hybridized carbons (Fsp3) is 0.190. The maximum absolute atomic E-state index is 11.5. The van der Waals surface area contributed by atoms with Gasteiger partial charge in [-0.15, -0.1) is 0 Å². The Balaban J connectivity index is 1.87. The smallest absolute Gasteiger partial charge is 0.307 e. The molecular formula is C21H17ClN2O4. The van der Waals surface area contributed by atoms with Gasteiger partial charge in [0.25, 0.3) is 5.89 Å². The molecule has 2 heterocycles. The first-order valence-corrected chi connectivity index (χ1v) is 9.17. The summed E-state index contributed by atoms with van der Waals surface area (Å²) in [5.74, 6) is 0.730. The molecule has 2 aromatic carbocycles. The fourth-order valence-corrected chi connectivity index (χ4v) is 3.16. The molecule has 0 spiro atoms. The van der Waals surface area contributed by atoms with E-state index in [1.165, 1.54) is 0 Å². The quantitative estimate of drug-likeness (QED) is 0.475. The normalized spacial score (nSPS) is 11.4. The zero-order chi connectivity index (χ0) is 19.8. The number of carboxylic acids is 1. The number of fused-ring (bicyclic) bond motifs is 1. The van der Waals surface area contributed by atoms with Crippen LogP contribution in [0.2, 0.25) is 5.02 Å². The predicted molar refractivity (Wildman–Crippen MR) is 105 cm³/mol. The minimum Gasteiger partial charge on any atom is -0.481 e. The molecule has 0 unspecified atom stereocenters. The maximum Gasteiger partial charge on any atom is 0.307 e. The van der Waals surface area contributed by atoms with Gasteiger partial charge < -0.3 is 14.0 Å². The van der Waals surface area contributed by atoms with Crippen molar-refractivity contribution in [2.24, 2.45) is 0 Å². The molecule has 2 aromatic heterocycles. The number of carboxylic acid groups (broad SMARTS) is 1. The van der Waals surface area contributed by atoms with Gasteiger partial charge in [-0.2, -0.15) is 4.98 Å². The van der Waals surface area contributed by atoms with Crippen LogP contribution in [-0.4, -0.2) is 21.2 Å². The van der Waals surface area contributed by atoms with Gasteiger partial charge in [0.15, 0.2) is 5.82 Å². The number of rotatable bonds is 5. The number of aromatic nitrogens is 2. The fourth-order valence-electron chi connectivity index (χ4n) is 3.03. The second-order valence-corrected chi connectivity index (χ2v) is 7.25. The Labute approximate surface area is 165 Å². The van der Waals surface area contributed by atoms with Crippen molar-refractivity contribution in [3.63, 3.8) is 0 Å². The van der Waals surface area contributed by atoms with Gasteiger partial charge in [0.2, 0.25) is 0 Å². The van der Waals surface area contributed by atoms with Gasteiger partial charge in [0.05, 0.1) is 6.42 Å². The van der Waals surface area contributed by atoms with E-state index in [0.29, 0.717) is 44.6 Å². The summed E-state index contributed by atoms with van der Waals surface area (Å²) >= 11 is 5.97. The number of benzene rings is 2. The molecule has 0 saturated heterocycles. The first-order chi connectivity index (χ1) is 13.4. The highest BCUT2D eigenvalue weighted by Crippen LogP contribution is 2.36. The highest BCUT2D eigenvalue weighted by molar-refractivity contribution is 6.30. The van der Waals surface area contributed by atoms with E-state index in [0.717, 1.165) is 5.56 Å². The number of hydrogen-bond donors (Lipinski definition) is 1. The molecule has 0 aliphatic heterocycles. The third kappa shape index (κ3) is 3.39. The van der Waals surface area contributed by atoms with Crippen molar-refractivity contribution in [3.05, 3.63) is 58.9 Å². The summed E-state index contributed by atoms with van der Waals surface area (Å²) in [4.78, 5) is 15.9. The minimum absolute atomic E-state index is 0.147. The molecule has 0 amide bonds. The summed E-state index contributed by atoms with van der Waals surface area (Å²) in [5, 5.41) is 14.7. The zero-order valence-corrected chi connectivity index (χ0v) is 16.0. The van der Waals surface area contributed by atoms with Crippen LogP contribution >= 0.6 is 11.6 Å². The average molecular weight is 397 g/mol. The van der Waals surface area contributed by atoms with Gasteiger partial charge in [-0.25, -0.2) is 0 Å². The molecule has 7 heteroatoms. The lowest BCUT2D eigenvalue weighted by atomic mass is 10.0. The van der Waals surface area contributed by atoms with Crippen molar-refractivity contribution >= 4 is 28.5 Å². The van der Waals surface area contributed by atoms with Crippen LogP contribution in [0.15, 0.2) is 51.4 Å². The molecule has 28 heavy (non-hydrogen) atoms. The Bertz CT molecular complexity index is 1160. The van der Waals surface area contributed by atoms with E-state index in [1.807, 2.05) is 26.0 Å². The van der Waals surface area contributed by atoms with Crippen LogP contribution in [0.5, 0.6) is 0 Å². The topological polar surface area (TPSA) is 89.4 Å². The van der Waals surface area contributed by atoms with Crippen molar-refractivity contribution in [2.45, 2.75) is 26.2 Å². The van der Waals surface area contributed by atoms with Crippen molar-refractivity contribution in [3.8, 4) is 22.8 Å². The van der Waals surface area contributed by atoms with E-state index < -0.39 is 5.97 Å². The summed E-state index contributed by atoms with van der Waals surface area (Å²) in [6.45, 7) is 3.97. The lowest BCUT2D eigenvalue weighted by molar-refractivity contribution is -0.136. The van der Waals surface area contributed by atoms with E-state index in [-0.39, 0.29) is 12.3 Å². The number of furan rings is 1. The van der Waals surface area contributed by atoms with E-state index in [9.17, 15) is 9.90 Å². The van der Waals surface area contributed by atoms with Crippen molar-refractivity contribution < 1.29 is 18.8 Å². The second kappa shape index (κ2) is 7.13. The van der Waals surface area contributed by atoms with Crippen LogP contribution in [0.1, 0.15) is 31.2 Å². The first kappa shape index (κ1) is 18.3. The van der Waals surface area contributed by atoms with Crippen LogP contribution in [0.4, 0.5) is 0 Å². The Morgan fingerprint density at radius 2 is 1.86 bits per heavy atom. The van der Waals surface area contributed by atoms with E-state index >= 15 is 0 Å². The molecule has 6 nitrogen and oxygen atoms in total. The third-order valence-electron chi connectivity index (χ3n) is 4.43. The lowest BCUT2D eigenvalue weighted by Crippen LogP contribution is -2.00. The van der Waals surface area contributed by atoms with Gasteiger partial charge in [0.1, 0.15) is 11.3 Å². The SMILES string of the molecule is CC(C)c1noc(-c2ccc3oc(-c4ccc(Cl)cc4)c(CC(=O)O)c3c2)n1. The number of nitrogens with zero attached hydrogens (tertiary/aromatic N) is 2. The molecule has 1 N–H and O–H groups in total. The highest BCUT2D eigenvalue weighted by atomic mass is 35.5. The molecule has 0 aliphatic carbocycles. The summed E-state index contributed by atoms with van der Waals surface area (Å²) in [5.41, 5.74) is 2.66. The molecule has 142 valence electrons. The molecular weight excluding hydrogens is 380 g/mol. The summed E-state index contributed by atoms with van der Waals surface area (Å²) < 4.78 is 11.4. The second-order valence-electron chi connectivity index (χ2n) is 6.81. The maximum atomic E-state index is 11.5. The van der Waals surface area contributed by atoms with Gasteiger partial charge in [-0.3, -0.25) is 4.79 Å². The van der Waals surface area contributed by atoms with Gasteiger partial charge in [-0.05, 0) is 42.5 Å². The zero-order valence-electron chi connectivity index (χ0n) is 15.3. The first-order valence-electron chi connectivity index (χ1n) is 8.79. The third-order valence-corrected chi connectivity index (χ3v) is 4.68. The lowest BCUT2D eigenvalue weighted by Gasteiger charge is -2.01. The molecule has 0 fully saturated rings. The largest absolute Gasteiger partial charge is 0.481 e. The van der Waals surface area contributed by atoms with Crippen LogP contribution in [0.25, 0.3) is 33.7 Å². The Kier molecular flexibility index (Phi) is 4.65. The van der Waals surface area contributed by atoms with Gasteiger partial charge >= 0.3 is 5.97 Å². The highest BCUT2D eigenvalue weighted by Gasteiger charge is 2.20.